The van der Waals surface area contributed by atoms with Crippen LogP contribution in [0.25, 0.3) is 44.4 Å². The van der Waals surface area contributed by atoms with Crippen LogP contribution in [0.1, 0.15) is 82.3 Å². The Hall–Kier alpha value is -4.47. The van der Waals surface area contributed by atoms with Gasteiger partial charge in [-0.15, -0.1) is 35.7 Å². The Morgan fingerprint density at radius 1 is 0.804 bits per heavy atom. The van der Waals surface area contributed by atoms with Crippen LogP contribution in [0.2, 0.25) is 0 Å². The average Bonchev–Trinajstić information content (AvgIpc) is 3.67. The molecule has 0 aliphatic rings. The second-order valence-corrected chi connectivity index (χ2v) is 13.7. The summed E-state index contributed by atoms with van der Waals surface area (Å²) in [6.45, 7) is 13.5. The van der Waals surface area contributed by atoms with Gasteiger partial charge in [-0.25, -0.2) is 4.98 Å². The molecule has 6 heteroatoms. The van der Waals surface area contributed by atoms with E-state index < -0.39 is 0 Å². The van der Waals surface area contributed by atoms with Crippen molar-refractivity contribution in [3.63, 3.8) is 0 Å². The molecular formula is C45H46N4OPt. The molecule has 7 aromatic rings. The first-order chi connectivity index (χ1) is 24.4. The second kappa shape index (κ2) is 15.8. The summed E-state index contributed by atoms with van der Waals surface area (Å²) in [5.41, 5.74) is 10.1. The van der Waals surface area contributed by atoms with Crippen LogP contribution in [0.15, 0.2) is 97.2 Å². The Balaban J connectivity index is 0.00000448. The molecule has 7 rings (SSSR count). The van der Waals surface area contributed by atoms with E-state index in [0.29, 0.717) is 23.3 Å². The van der Waals surface area contributed by atoms with Crippen LogP contribution in [0.5, 0.6) is 11.5 Å². The fourth-order valence-corrected chi connectivity index (χ4v) is 7.49. The molecule has 0 N–H and O–H groups in total. The summed E-state index contributed by atoms with van der Waals surface area (Å²) >= 11 is 0. The molecule has 5 nitrogen and oxygen atoms in total. The molecule has 0 fully saturated rings. The molecule has 0 saturated carbocycles. The third-order valence-corrected chi connectivity index (χ3v) is 9.90. The van der Waals surface area contributed by atoms with Crippen LogP contribution in [0, 0.1) is 25.0 Å². The number of rotatable bonds is 12. The maximum absolute atomic E-state index is 6.52. The van der Waals surface area contributed by atoms with Crippen molar-refractivity contribution in [1.29, 1.82) is 0 Å². The third-order valence-electron chi connectivity index (χ3n) is 9.90. The van der Waals surface area contributed by atoms with Gasteiger partial charge in [0.1, 0.15) is 5.82 Å². The Kier molecular flexibility index (Phi) is 11.3. The first-order valence-corrected chi connectivity index (χ1v) is 18.2. The molecule has 0 bridgehead atoms. The number of hydrogen-bond donors (Lipinski definition) is 0. The van der Waals surface area contributed by atoms with Crippen LogP contribution >= 0.6 is 0 Å². The molecule has 0 saturated heterocycles. The average molecular weight is 854 g/mol. The molecule has 0 radical (unpaired) electrons. The largest absolute Gasteiger partial charge is 2.00 e. The van der Waals surface area contributed by atoms with Crippen molar-refractivity contribution in [2.75, 3.05) is 0 Å². The Morgan fingerprint density at radius 3 is 2.35 bits per heavy atom. The zero-order valence-electron chi connectivity index (χ0n) is 30.4. The van der Waals surface area contributed by atoms with E-state index in [9.17, 15) is 0 Å². The summed E-state index contributed by atoms with van der Waals surface area (Å²) < 4.78 is 10.8. The van der Waals surface area contributed by atoms with Gasteiger partial charge in [-0.3, -0.25) is 4.68 Å². The maximum Gasteiger partial charge on any atom is 2.00 e. The number of nitrogens with zero attached hydrogens (tertiary/aromatic N) is 4. The molecule has 0 aliphatic heterocycles. The van der Waals surface area contributed by atoms with Gasteiger partial charge in [0.15, 0.2) is 0 Å². The number of pyridine rings is 1. The molecular weight excluding hydrogens is 808 g/mol. The van der Waals surface area contributed by atoms with E-state index in [2.05, 4.69) is 119 Å². The quantitative estimate of drug-likeness (QED) is 0.115. The van der Waals surface area contributed by atoms with Crippen molar-refractivity contribution in [1.82, 2.24) is 19.3 Å². The zero-order chi connectivity index (χ0) is 34.8. The van der Waals surface area contributed by atoms with Crippen LogP contribution in [-0.2, 0) is 33.9 Å². The monoisotopic (exact) mass is 853 g/mol. The maximum atomic E-state index is 6.52. The molecule has 0 spiro atoms. The van der Waals surface area contributed by atoms with Crippen molar-refractivity contribution in [3.05, 3.63) is 132 Å². The van der Waals surface area contributed by atoms with Crippen molar-refractivity contribution >= 4 is 21.8 Å². The zero-order valence-corrected chi connectivity index (χ0v) is 32.7. The van der Waals surface area contributed by atoms with Gasteiger partial charge in [0.2, 0.25) is 0 Å². The van der Waals surface area contributed by atoms with Crippen molar-refractivity contribution in [2.45, 2.75) is 79.6 Å². The molecule has 2 atom stereocenters. The first-order valence-electron chi connectivity index (χ1n) is 18.2. The Labute approximate surface area is 317 Å². The molecule has 4 aromatic carbocycles. The number of fused-ring (bicyclic) bond motifs is 3. The molecule has 262 valence electrons. The SMILES string of the molecule is CCCC(C)CC(C)c1ccc2c(c1)c1ccc(Oc3[c-]c(-n4nc(CC)c(-c5ccccc5)c4CC)ccc3)[c-]c1n2-c1cc(C)ccn1.[Pt+2]. The number of ether oxygens (including phenoxy) is 1. The summed E-state index contributed by atoms with van der Waals surface area (Å²) in [6, 6.07) is 39.0. The van der Waals surface area contributed by atoms with Crippen molar-refractivity contribution < 1.29 is 25.8 Å². The minimum atomic E-state index is 0. The summed E-state index contributed by atoms with van der Waals surface area (Å²) in [5.74, 6) is 3.29. The number of aryl methyl sites for hydroxylation is 2. The standard InChI is InChI=1S/C45H46N4O.Pt/c1-7-14-30(4)25-32(6)34-19-22-42-39(27-34)38-21-20-37(29-43(38)48(42)44-26-31(5)23-24-46-44)50-36-18-13-17-35(28-36)49-41(9-3)45(40(8-2)47-49)33-15-11-10-12-16-33;/h10-13,15-24,26-27,30,32H,7-9,14,25H2,1-6H3;/q-2;+2. The van der Waals surface area contributed by atoms with Gasteiger partial charge >= 0.3 is 21.1 Å². The third kappa shape index (κ3) is 7.32. The molecule has 51 heavy (non-hydrogen) atoms. The fourth-order valence-electron chi connectivity index (χ4n) is 7.49. The van der Waals surface area contributed by atoms with Gasteiger partial charge in [-0.05, 0) is 84.0 Å². The van der Waals surface area contributed by atoms with E-state index in [1.807, 2.05) is 41.2 Å². The Morgan fingerprint density at radius 2 is 1.61 bits per heavy atom. The van der Waals surface area contributed by atoms with E-state index >= 15 is 0 Å². The second-order valence-electron chi connectivity index (χ2n) is 13.7. The summed E-state index contributed by atoms with van der Waals surface area (Å²) in [7, 11) is 0. The minimum Gasteiger partial charge on any atom is -0.509 e. The normalized spacial score (nSPS) is 12.6. The number of hydrogen-bond acceptors (Lipinski definition) is 3. The number of aromatic nitrogens is 4. The summed E-state index contributed by atoms with van der Waals surface area (Å²) in [6.07, 6.45) is 7.24. The Bertz CT molecular complexity index is 2270. The van der Waals surface area contributed by atoms with E-state index in [1.54, 1.807) is 0 Å². The van der Waals surface area contributed by atoms with Crippen LogP contribution in [0.4, 0.5) is 0 Å². The molecule has 0 aliphatic carbocycles. The molecule has 3 aromatic heterocycles. The van der Waals surface area contributed by atoms with E-state index in [-0.39, 0.29) is 21.1 Å². The first kappa shape index (κ1) is 36.3. The van der Waals surface area contributed by atoms with E-state index in [0.717, 1.165) is 57.7 Å². The molecule has 2 unspecified atom stereocenters. The predicted octanol–water partition coefficient (Wildman–Crippen LogP) is 11.8. The summed E-state index contributed by atoms with van der Waals surface area (Å²) in [5, 5.41) is 7.41. The van der Waals surface area contributed by atoms with Crippen molar-refractivity contribution in [2.24, 2.45) is 5.92 Å². The minimum absolute atomic E-state index is 0. The van der Waals surface area contributed by atoms with Gasteiger partial charge in [0.25, 0.3) is 0 Å². The van der Waals surface area contributed by atoms with E-state index in [1.165, 1.54) is 41.3 Å². The fraction of sp³-hybridized carbons (Fsp3) is 0.289. The van der Waals surface area contributed by atoms with E-state index in [4.69, 9.17) is 14.8 Å². The number of benzene rings is 4. The molecule has 0 amide bonds. The topological polar surface area (TPSA) is 44.9 Å². The van der Waals surface area contributed by atoms with Gasteiger partial charge in [0, 0.05) is 34.5 Å². The van der Waals surface area contributed by atoms with Gasteiger partial charge in [0.05, 0.1) is 5.69 Å². The van der Waals surface area contributed by atoms with Gasteiger partial charge in [-0.2, -0.15) is 17.2 Å². The molecule has 3 heterocycles. The van der Waals surface area contributed by atoms with Gasteiger partial charge in [-0.1, -0.05) is 95.4 Å². The van der Waals surface area contributed by atoms with Crippen LogP contribution in [0.3, 0.4) is 0 Å². The predicted molar refractivity (Wildman–Crippen MR) is 206 cm³/mol. The van der Waals surface area contributed by atoms with Crippen molar-refractivity contribution in [3.8, 4) is 34.1 Å². The summed E-state index contributed by atoms with van der Waals surface area (Å²) in [4.78, 5) is 4.80. The smallest absolute Gasteiger partial charge is 0.509 e. The van der Waals surface area contributed by atoms with Crippen LogP contribution in [-0.4, -0.2) is 19.3 Å². The van der Waals surface area contributed by atoms with Crippen LogP contribution < -0.4 is 4.74 Å². The van der Waals surface area contributed by atoms with Gasteiger partial charge < -0.3 is 9.30 Å².